The average molecular weight is 514 g/mol. The Hall–Kier alpha value is -4.10. The second-order valence-corrected chi connectivity index (χ2v) is 8.91. The number of ether oxygens (including phenoxy) is 2. The molecule has 0 spiro atoms. The highest BCUT2D eigenvalue weighted by molar-refractivity contribution is 9.10. The summed E-state index contributed by atoms with van der Waals surface area (Å²) in [4.78, 5) is 25.5. The standard InChI is InChI=1S/C27H16BrNO5/c1-29-14-16(19-4-2-3-5-21(19)29)12-24-26(30)20-8-7-18(13-23(20)34-24)32-27(31)25-11-15-10-17(28)6-9-22(15)33-25/h2-14H,1H3/b24-12-. The lowest BCUT2D eigenvalue weighted by molar-refractivity contribution is 0.0703. The van der Waals surface area contributed by atoms with E-state index in [0.717, 1.165) is 26.3 Å². The number of ketones is 1. The van der Waals surface area contributed by atoms with E-state index in [-0.39, 0.29) is 23.1 Å². The van der Waals surface area contributed by atoms with Gasteiger partial charge in [-0.2, -0.15) is 0 Å². The zero-order valence-corrected chi connectivity index (χ0v) is 19.5. The second-order valence-electron chi connectivity index (χ2n) is 7.99. The van der Waals surface area contributed by atoms with Crippen molar-refractivity contribution in [1.29, 1.82) is 0 Å². The van der Waals surface area contributed by atoms with Gasteiger partial charge in [0, 0.05) is 45.6 Å². The molecule has 34 heavy (non-hydrogen) atoms. The fourth-order valence-corrected chi connectivity index (χ4v) is 4.51. The van der Waals surface area contributed by atoms with Gasteiger partial charge in [-0.3, -0.25) is 4.79 Å². The summed E-state index contributed by atoms with van der Waals surface area (Å²) in [7, 11) is 1.96. The van der Waals surface area contributed by atoms with Crippen molar-refractivity contribution >= 4 is 55.6 Å². The molecule has 6 rings (SSSR count). The summed E-state index contributed by atoms with van der Waals surface area (Å²) in [6, 6.07) is 19.7. The number of carbonyl (C=O) groups excluding carboxylic acids is 2. The molecule has 0 radical (unpaired) electrons. The number of aryl methyl sites for hydroxylation is 1. The quantitative estimate of drug-likeness (QED) is 0.156. The highest BCUT2D eigenvalue weighted by Gasteiger charge is 2.28. The summed E-state index contributed by atoms with van der Waals surface area (Å²) < 4.78 is 19.8. The number of para-hydroxylation sites is 1. The van der Waals surface area contributed by atoms with Gasteiger partial charge in [-0.15, -0.1) is 0 Å². The maximum Gasteiger partial charge on any atom is 0.379 e. The van der Waals surface area contributed by atoms with Gasteiger partial charge in [-0.1, -0.05) is 34.1 Å². The molecule has 7 heteroatoms. The van der Waals surface area contributed by atoms with Crippen LogP contribution in [-0.2, 0) is 7.05 Å². The van der Waals surface area contributed by atoms with Crippen LogP contribution < -0.4 is 9.47 Å². The molecular formula is C27H16BrNO5. The van der Waals surface area contributed by atoms with Crippen LogP contribution in [0.15, 0.2) is 87.6 Å². The van der Waals surface area contributed by atoms with Crippen LogP contribution in [0.5, 0.6) is 11.5 Å². The number of furan rings is 1. The van der Waals surface area contributed by atoms with Gasteiger partial charge in [-0.25, -0.2) is 4.79 Å². The van der Waals surface area contributed by atoms with E-state index in [0.29, 0.717) is 16.9 Å². The maximum atomic E-state index is 12.9. The Morgan fingerprint density at radius 1 is 1.06 bits per heavy atom. The summed E-state index contributed by atoms with van der Waals surface area (Å²) in [6.45, 7) is 0. The Morgan fingerprint density at radius 2 is 1.91 bits per heavy atom. The van der Waals surface area contributed by atoms with Gasteiger partial charge >= 0.3 is 5.97 Å². The van der Waals surface area contributed by atoms with Crippen molar-refractivity contribution in [2.75, 3.05) is 0 Å². The van der Waals surface area contributed by atoms with E-state index in [1.54, 1.807) is 30.3 Å². The molecule has 0 amide bonds. The van der Waals surface area contributed by atoms with Crippen LogP contribution in [0.1, 0.15) is 26.5 Å². The van der Waals surface area contributed by atoms with Gasteiger partial charge in [0.1, 0.15) is 17.1 Å². The normalized spacial score (nSPS) is 14.1. The number of fused-ring (bicyclic) bond motifs is 3. The van der Waals surface area contributed by atoms with Crippen molar-refractivity contribution in [3.63, 3.8) is 0 Å². The lowest BCUT2D eigenvalue weighted by atomic mass is 10.1. The number of Topliss-reactive ketones (excluding diaryl/α,β-unsaturated/α-hetero) is 1. The first-order chi connectivity index (χ1) is 16.5. The molecule has 5 aromatic rings. The first-order valence-electron chi connectivity index (χ1n) is 10.5. The van der Waals surface area contributed by atoms with Crippen LogP contribution in [0.2, 0.25) is 0 Å². The number of benzene rings is 3. The third-order valence-corrected chi connectivity index (χ3v) is 6.24. The van der Waals surface area contributed by atoms with E-state index in [2.05, 4.69) is 15.9 Å². The van der Waals surface area contributed by atoms with E-state index < -0.39 is 5.97 Å². The molecule has 1 aliphatic heterocycles. The first-order valence-corrected chi connectivity index (χ1v) is 11.3. The van der Waals surface area contributed by atoms with E-state index >= 15 is 0 Å². The minimum absolute atomic E-state index is 0.0853. The molecule has 0 fully saturated rings. The minimum atomic E-state index is -0.636. The van der Waals surface area contributed by atoms with Crippen molar-refractivity contribution in [3.05, 3.63) is 100 Å². The van der Waals surface area contributed by atoms with Crippen LogP contribution in [0.4, 0.5) is 0 Å². The summed E-state index contributed by atoms with van der Waals surface area (Å²) >= 11 is 3.40. The molecular weight excluding hydrogens is 498 g/mol. The van der Waals surface area contributed by atoms with E-state index in [1.165, 1.54) is 6.07 Å². The highest BCUT2D eigenvalue weighted by Crippen LogP contribution is 2.36. The highest BCUT2D eigenvalue weighted by atomic mass is 79.9. The SMILES string of the molecule is Cn1cc(/C=C2\Oc3cc(OC(=O)c4cc5cc(Br)ccc5o4)ccc3C2=O)c2ccccc21. The van der Waals surface area contributed by atoms with E-state index in [9.17, 15) is 9.59 Å². The Kier molecular flexibility index (Phi) is 4.67. The molecule has 0 bridgehead atoms. The van der Waals surface area contributed by atoms with Gasteiger partial charge in [0.25, 0.3) is 0 Å². The number of hydrogen-bond donors (Lipinski definition) is 0. The summed E-state index contributed by atoms with van der Waals surface area (Å²) in [5, 5.41) is 1.81. The monoisotopic (exact) mass is 513 g/mol. The molecule has 6 nitrogen and oxygen atoms in total. The van der Waals surface area contributed by atoms with Crippen molar-refractivity contribution in [2.45, 2.75) is 0 Å². The third kappa shape index (κ3) is 3.41. The molecule has 0 saturated heterocycles. The van der Waals surface area contributed by atoms with Crippen molar-refractivity contribution in [3.8, 4) is 11.5 Å². The predicted octanol–water partition coefficient (Wildman–Crippen LogP) is 6.52. The number of hydrogen-bond acceptors (Lipinski definition) is 5. The van der Waals surface area contributed by atoms with Crippen LogP contribution >= 0.6 is 15.9 Å². The molecule has 0 unspecified atom stereocenters. The number of allylic oxidation sites excluding steroid dienone is 1. The van der Waals surface area contributed by atoms with Gasteiger partial charge in [0.15, 0.2) is 5.76 Å². The maximum absolute atomic E-state index is 12.9. The Labute approximate surface area is 202 Å². The van der Waals surface area contributed by atoms with Crippen LogP contribution in [0, 0.1) is 0 Å². The molecule has 166 valence electrons. The average Bonchev–Trinajstić information content (AvgIpc) is 3.48. The minimum Gasteiger partial charge on any atom is -0.452 e. The van der Waals surface area contributed by atoms with Gasteiger partial charge in [0.05, 0.1) is 5.56 Å². The number of carbonyl (C=O) groups is 2. The van der Waals surface area contributed by atoms with Crippen molar-refractivity contribution in [2.24, 2.45) is 7.05 Å². The van der Waals surface area contributed by atoms with Gasteiger partial charge in [-0.05, 0) is 48.5 Å². The molecule has 0 atom stereocenters. The molecule has 1 aliphatic rings. The van der Waals surface area contributed by atoms with Gasteiger partial charge in [0.2, 0.25) is 11.5 Å². The van der Waals surface area contributed by atoms with Crippen LogP contribution in [0.25, 0.3) is 27.9 Å². The summed E-state index contributed by atoms with van der Waals surface area (Å²) in [6.07, 6.45) is 3.69. The lowest BCUT2D eigenvalue weighted by Gasteiger charge is -2.04. The number of halogens is 1. The predicted molar refractivity (Wildman–Crippen MR) is 131 cm³/mol. The third-order valence-electron chi connectivity index (χ3n) is 5.75. The largest absolute Gasteiger partial charge is 0.452 e. The zero-order chi connectivity index (χ0) is 23.4. The number of esters is 1. The molecule has 3 heterocycles. The molecule has 2 aromatic heterocycles. The fraction of sp³-hybridized carbons (Fsp3) is 0.0370. The Morgan fingerprint density at radius 3 is 2.79 bits per heavy atom. The Balaban J connectivity index is 1.26. The second kappa shape index (κ2) is 7.74. The van der Waals surface area contributed by atoms with Gasteiger partial charge < -0.3 is 18.5 Å². The number of nitrogens with zero attached hydrogens (tertiary/aromatic N) is 1. The summed E-state index contributed by atoms with van der Waals surface area (Å²) in [5.74, 6) is 0.0477. The van der Waals surface area contributed by atoms with Crippen molar-refractivity contribution in [1.82, 2.24) is 4.57 Å². The molecule has 3 aromatic carbocycles. The molecule has 0 N–H and O–H groups in total. The fourth-order valence-electron chi connectivity index (χ4n) is 4.13. The first kappa shape index (κ1) is 20.5. The van der Waals surface area contributed by atoms with Crippen LogP contribution in [-0.4, -0.2) is 16.3 Å². The summed E-state index contributed by atoms with van der Waals surface area (Å²) in [5.41, 5.74) is 2.95. The smallest absolute Gasteiger partial charge is 0.379 e. The lowest BCUT2D eigenvalue weighted by Crippen LogP contribution is -2.07. The van der Waals surface area contributed by atoms with Crippen molar-refractivity contribution < 1.29 is 23.5 Å². The molecule has 0 aliphatic carbocycles. The van der Waals surface area contributed by atoms with E-state index in [1.807, 2.05) is 54.2 Å². The Bertz CT molecular complexity index is 1670. The number of rotatable bonds is 3. The van der Waals surface area contributed by atoms with Crippen LogP contribution in [0.3, 0.4) is 0 Å². The molecule has 0 saturated carbocycles. The topological polar surface area (TPSA) is 70.7 Å². The zero-order valence-electron chi connectivity index (χ0n) is 17.9. The number of aromatic nitrogens is 1. The van der Waals surface area contributed by atoms with E-state index in [4.69, 9.17) is 13.9 Å².